The number of carbonyl (C=O) groups excluding carboxylic acids is 1. The second-order valence-corrected chi connectivity index (χ2v) is 6.40. The number of nitrogens with one attached hydrogen (secondary N) is 1. The summed E-state index contributed by atoms with van der Waals surface area (Å²) in [6, 6.07) is 6.73. The van der Waals surface area contributed by atoms with Crippen molar-refractivity contribution in [2.75, 3.05) is 26.2 Å². The number of ether oxygens (including phenoxy) is 2. The largest absolute Gasteiger partial charge is 0.478 e. The van der Waals surface area contributed by atoms with Crippen molar-refractivity contribution in [2.24, 2.45) is 0 Å². The molecule has 8 heteroatoms. The van der Waals surface area contributed by atoms with Crippen molar-refractivity contribution in [3.05, 3.63) is 57.4 Å². The average molecular weight is 400 g/mol. The molecule has 1 aromatic rings. The second-order valence-electron chi connectivity index (χ2n) is 5.58. The van der Waals surface area contributed by atoms with E-state index in [2.05, 4.69) is 5.32 Å². The number of hydrogen-bond donors (Lipinski definition) is 2. The maximum Gasteiger partial charge on any atom is 0.336 e. The van der Waals surface area contributed by atoms with Gasteiger partial charge in [-0.2, -0.15) is 0 Å². The van der Waals surface area contributed by atoms with Crippen molar-refractivity contribution >= 4 is 35.1 Å². The molecule has 1 unspecified atom stereocenters. The van der Waals surface area contributed by atoms with E-state index in [1.165, 1.54) is 7.11 Å². The van der Waals surface area contributed by atoms with E-state index < -0.39 is 17.9 Å². The molecule has 0 saturated heterocycles. The number of aliphatic carboxylic acids is 1. The minimum Gasteiger partial charge on any atom is -0.478 e. The van der Waals surface area contributed by atoms with Crippen LogP contribution in [0.4, 0.5) is 0 Å². The number of hydrogen-bond acceptors (Lipinski definition) is 5. The smallest absolute Gasteiger partial charge is 0.336 e. The summed E-state index contributed by atoms with van der Waals surface area (Å²) in [5, 5.41) is 13.2. The predicted octanol–water partition coefficient (Wildman–Crippen LogP) is 3.07. The van der Waals surface area contributed by atoms with E-state index in [1.54, 1.807) is 31.2 Å². The SMILES string of the molecule is COC(=O)C1=C(C)NC(COCCCl)=C(C(=O)O)C1c1cccc(Cl)c1. The van der Waals surface area contributed by atoms with Crippen LogP contribution < -0.4 is 5.32 Å². The third kappa shape index (κ3) is 4.38. The Morgan fingerprint density at radius 1 is 1.31 bits per heavy atom. The van der Waals surface area contributed by atoms with Crippen LogP contribution >= 0.6 is 23.2 Å². The molecule has 140 valence electrons. The highest BCUT2D eigenvalue weighted by molar-refractivity contribution is 6.30. The third-order valence-electron chi connectivity index (χ3n) is 3.93. The minimum absolute atomic E-state index is 0.00726. The number of carbonyl (C=O) groups is 2. The lowest BCUT2D eigenvalue weighted by Crippen LogP contribution is -2.34. The van der Waals surface area contributed by atoms with E-state index in [1.807, 2.05) is 0 Å². The number of allylic oxidation sites excluding steroid dienone is 1. The normalized spacial score (nSPS) is 17.2. The first-order valence-corrected chi connectivity index (χ1v) is 8.73. The van der Waals surface area contributed by atoms with Gasteiger partial charge in [0.1, 0.15) is 0 Å². The molecule has 2 rings (SSSR count). The first kappa shape index (κ1) is 20.3. The average Bonchev–Trinajstić information content (AvgIpc) is 2.60. The van der Waals surface area contributed by atoms with Crippen molar-refractivity contribution in [3.8, 4) is 0 Å². The molecule has 1 aliphatic rings. The molecule has 1 heterocycles. The van der Waals surface area contributed by atoms with Crippen LogP contribution in [0.5, 0.6) is 0 Å². The molecule has 0 aliphatic carbocycles. The number of esters is 1. The standard InChI is InChI=1S/C18H19Cl2NO5/c1-10-14(18(24)25-2)15(11-4-3-5-12(20)8-11)16(17(22)23)13(21-10)9-26-7-6-19/h3-5,8,15,21H,6-7,9H2,1-2H3,(H,22,23). The van der Waals surface area contributed by atoms with E-state index in [0.29, 0.717) is 22.0 Å². The highest BCUT2D eigenvalue weighted by Gasteiger charge is 2.38. The molecule has 2 N–H and O–H groups in total. The van der Waals surface area contributed by atoms with E-state index in [9.17, 15) is 14.7 Å². The van der Waals surface area contributed by atoms with Gasteiger partial charge in [-0.1, -0.05) is 23.7 Å². The zero-order valence-electron chi connectivity index (χ0n) is 14.3. The topological polar surface area (TPSA) is 84.9 Å². The van der Waals surface area contributed by atoms with Crippen molar-refractivity contribution in [2.45, 2.75) is 12.8 Å². The van der Waals surface area contributed by atoms with E-state index in [-0.39, 0.29) is 30.2 Å². The Morgan fingerprint density at radius 2 is 2.04 bits per heavy atom. The van der Waals surface area contributed by atoms with Gasteiger partial charge in [-0.25, -0.2) is 9.59 Å². The summed E-state index contributed by atoms with van der Waals surface area (Å²) in [7, 11) is 1.25. The van der Waals surface area contributed by atoms with Gasteiger partial charge in [0.2, 0.25) is 0 Å². The lowest BCUT2D eigenvalue weighted by atomic mass is 9.80. The number of alkyl halides is 1. The van der Waals surface area contributed by atoms with E-state index >= 15 is 0 Å². The first-order chi connectivity index (χ1) is 12.4. The number of carboxylic acids is 1. The summed E-state index contributed by atoms with van der Waals surface area (Å²) in [6.07, 6.45) is 0. The fourth-order valence-electron chi connectivity index (χ4n) is 2.89. The Hall–Kier alpha value is -2.02. The Balaban J connectivity index is 2.62. The van der Waals surface area contributed by atoms with Gasteiger partial charge in [0.05, 0.1) is 43.1 Å². The van der Waals surface area contributed by atoms with E-state index in [4.69, 9.17) is 32.7 Å². The van der Waals surface area contributed by atoms with Gasteiger partial charge in [-0.15, -0.1) is 11.6 Å². The molecule has 0 saturated carbocycles. The summed E-state index contributed by atoms with van der Waals surface area (Å²) in [6.45, 7) is 1.98. The molecule has 6 nitrogen and oxygen atoms in total. The number of methoxy groups -OCH3 is 1. The fraction of sp³-hybridized carbons (Fsp3) is 0.333. The van der Waals surface area contributed by atoms with Gasteiger partial charge in [0, 0.05) is 16.6 Å². The quantitative estimate of drug-likeness (QED) is 0.416. The number of benzene rings is 1. The number of carboxylic acid groups (broad SMARTS) is 1. The molecular weight excluding hydrogens is 381 g/mol. The fourth-order valence-corrected chi connectivity index (χ4v) is 3.20. The lowest BCUT2D eigenvalue weighted by Gasteiger charge is -2.30. The second kappa shape index (κ2) is 9.07. The number of rotatable bonds is 7. The van der Waals surface area contributed by atoms with Gasteiger partial charge < -0.3 is 19.9 Å². The molecule has 0 amide bonds. The Kier molecular flexibility index (Phi) is 7.08. The van der Waals surface area contributed by atoms with Crippen LogP contribution in [0.3, 0.4) is 0 Å². The van der Waals surface area contributed by atoms with Gasteiger partial charge >= 0.3 is 11.9 Å². The van der Waals surface area contributed by atoms with Gasteiger partial charge in [-0.05, 0) is 24.6 Å². The Morgan fingerprint density at radius 3 is 2.62 bits per heavy atom. The number of halogens is 2. The van der Waals surface area contributed by atoms with Crippen molar-refractivity contribution in [3.63, 3.8) is 0 Å². The van der Waals surface area contributed by atoms with Crippen LogP contribution in [0.1, 0.15) is 18.4 Å². The number of dihydropyridines is 1. The minimum atomic E-state index is -1.17. The maximum atomic E-state index is 12.4. The molecule has 1 atom stereocenters. The molecule has 0 spiro atoms. The Bertz CT molecular complexity index is 773. The molecule has 0 radical (unpaired) electrons. The summed E-state index contributed by atoms with van der Waals surface area (Å²) < 4.78 is 10.3. The van der Waals surface area contributed by atoms with Crippen LogP contribution in [0.25, 0.3) is 0 Å². The summed E-state index contributed by atoms with van der Waals surface area (Å²) in [5.74, 6) is -2.33. The van der Waals surface area contributed by atoms with Crippen LogP contribution in [-0.4, -0.2) is 43.2 Å². The Labute approximate surface area is 161 Å². The van der Waals surface area contributed by atoms with Crippen LogP contribution in [0, 0.1) is 0 Å². The molecule has 0 fully saturated rings. The molecule has 0 aromatic heterocycles. The summed E-state index contributed by atoms with van der Waals surface area (Å²) in [5.41, 5.74) is 1.65. The zero-order valence-corrected chi connectivity index (χ0v) is 15.9. The van der Waals surface area contributed by atoms with Crippen molar-refractivity contribution < 1.29 is 24.2 Å². The third-order valence-corrected chi connectivity index (χ3v) is 4.32. The van der Waals surface area contributed by atoms with Gasteiger partial charge in [-0.3, -0.25) is 0 Å². The van der Waals surface area contributed by atoms with Gasteiger partial charge in [0.25, 0.3) is 0 Å². The van der Waals surface area contributed by atoms with Crippen molar-refractivity contribution in [1.82, 2.24) is 5.32 Å². The first-order valence-electron chi connectivity index (χ1n) is 7.82. The predicted molar refractivity (Wildman–Crippen MR) is 98.2 cm³/mol. The highest BCUT2D eigenvalue weighted by atomic mass is 35.5. The monoisotopic (exact) mass is 399 g/mol. The highest BCUT2D eigenvalue weighted by Crippen LogP contribution is 2.39. The van der Waals surface area contributed by atoms with Crippen molar-refractivity contribution in [1.29, 1.82) is 0 Å². The van der Waals surface area contributed by atoms with E-state index in [0.717, 1.165) is 0 Å². The summed E-state index contributed by atoms with van der Waals surface area (Å²) >= 11 is 11.7. The van der Waals surface area contributed by atoms with Crippen LogP contribution in [-0.2, 0) is 19.1 Å². The van der Waals surface area contributed by atoms with Gasteiger partial charge in [0.15, 0.2) is 0 Å². The molecule has 0 bridgehead atoms. The molecule has 1 aliphatic heterocycles. The zero-order chi connectivity index (χ0) is 19.3. The molecule has 26 heavy (non-hydrogen) atoms. The maximum absolute atomic E-state index is 12.4. The lowest BCUT2D eigenvalue weighted by molar-refractivity contribution is -0.136. The molecular formula is C18H19Cl2NO5. The van der Waals surface area contributed by atoms with Crippen LogP contribution in [0.2, 0.25) is 5.02 Å². The summed E-state index contributed by atoms with van der Waals surface area (Å²) in [4.78, 5) is 24.4. The van der Waals surface area contributed by atoms with Crippen LogP contribution in [0.15, 0.2) is 46.8 Å². The molecule has 1 aromatic carbocycles.